The van der Waals surface area contributed by atoms with E-state index in [2.05, 4.69) is 6.92 Å². The molecule has 1 rings (SSSR count). The fourth-order valence-corrected chi connectivity index (χ4v) is 2.39. The molecule has 0 aliphatic carbocycles. The van der Waals surface area contributed by atoms with Gasteiger partial charge in [0.1, 0.15) is 0 Å². The van der Waals surface area contributed by atoms with Crippen LogP contribution in [0.15, 0.2) is 29.2 Å². The number of methoxy groups -OCH3 is 1. The SMILES string of the molecule is COCCC(C)Sc1ccccc1C(=O)O. The van der Waals surface area contributed by atoms with Crippen LogP contribution in [0.2, 0.25) is 0 Å². The lowest BCUT2D eigenvalue weighted by Crippen LogP contribution is -2.04. The third-order valence-corrected chi connectivity index (χ3v) is 3.42. The number of hydrogen-bond donors (Lipinski definition) is 1. The van der Waals surface area contributed by atoms with Crippen molar-refractivity contribution >= 4 is 17.7 Å². The lowest BCUT2D eigenvalue weighted by atomic mass is 10.2. The molecule has 0 fully saturated rings. The van der Waals surface area contributed by atoms with E-state index < -0.39 is 5.97 Å². The Morgan fingerprint density at radius 2 is 2.19 bits per heavy atom. The lowest BCUT2D eigenvalue weighted by Gasteiger charge is -2.12. The quantitative estimate of drug-likeness (QED) is 0.777. The van der Waals surface area contributed by atoms with Gasteiger partial charge in [-0.2, -0.15) is 0 Å². The normalized spacial score (nSPS) is 12.4. The fraction of sp³-hybridized carbons (Fsp3) is 0.417. The minimum atomic E-state index is -0.873. The van der Waals surface area contributed by atoms with Gasteiger partial charge in [-0.3, -0.25) is 0 Å². The number of carboxylic acid groups (broad SMARTS) is 1. The minimum absolute atomic E-state index is 0.348. The van der Waals surface area contributed by atoms with Crippen LogP contribution in [0.3, 0.4) is 0 Å². The summed E-state index contributed by atoms with van der Waals surface area (Å²) in [6.45, 7) is 2.77. The molecule has 0 saturated heterocycles. The van der Waals surface area contributed by atoms with Crippen molar-refractivity contribution in [3.05, 3.63) is 29.8 Å². The van der Waals surface area contributed by atoms with Crippen molar-refractivity contribution in [2.24, 2.45) is 0 Å². The Bertz CT molecular complexity index is 352. The molecule has 0 radical (unpaired) electrons. The smallest absolute Gasteiger partial charge is 0.336 e. The number of carboxylic acids is 1. The van der Waals surface area contributed by atoms with Crippen molar-refractivity contribution in [1.29, 1.82) is 0 Å². The zero-order chi connectivity index (χ0) is 12.0. The third-order valence-electron chi connectivity index (χ3n) is 2.17. The second kappa shape index (κ2) is 6.55. The summed E-state index contributed by atoms with van der Waals surface area (Å²) in [6, 6.07) is 7.08. The third kappa shape index (κ3) is 3.87. The highest BCUT2D eigenvalue weighted by atomic mass is 32.2. The van der Waals surface area contributed by atoms with Crippen LogP contribution in [-0.4, -0.2) is 30.0 Å². The first-order chi connectivity index (χ1) is 7.65. The zero-order valence-electron chi connectivity index (χ0n) is 9.47. The monoisotopic (exact) mass is 240 g/mol. The highest BCUT2D eigenvalue weighted by Crippen LogP contribution is 2.28. The predicted octanol–water partition coefficient (Wildman–Crippen LogP) is 2.90. The van der Waals surface area contributed by atoms with Crippen molar-refractivity contribution in [2.75, 3.05) is 13.7 Å². The van der Waals surface area contributed by atoms with Crippen LogP contribution in [0.4, 0.5) is 0 Å². The molecule has 0 aliphatic rings. The van der Waals surface area contributed by atoms with Gasteiger partial charge in [0.15, 0.2) is 0 Å². The molecule has 1 unspecified atom stereocenters. The summed E-state index contributed by atoms with van der Waals surface area (Å²) in [5, 5.41) is 9.36. The summed E-state index contributed by atoms with van der Waals surface area (Å²) in [7, 11) is 1.67. The van der Waals surface area contributed by atoms with Crippen molar-refractivity contribution in [3.8, 4) is 0 Å². The number of ether oxygens (including phenoxy) is 1. The predicted molar refractivity (Wildman–Crippen MR) is 65.2 cm³/mol. The van der Waals surface area contributed by atoms with E-state index in [1.165, 1.54) is 0 Å². The Morgan fingerprint density at radius 3 is 2.81 bits per heavy atom. The van der Waals surface area contributed by atoms with Gasteiger partial charge in [-0.25, -0.2) is 4.79 Å². The van der Waals surface area contributed by atoms with Crippen LogP contribution in [0.25, 0.3) is 0 Å². The van der Waals surface area contributed by atoms with Gasteiger partial charge in [-0.15, -0.1) is 11.8 Å². The largest absolute Gasteiger partial charge is 0.478 e. The number of hydrogen-bond acceptors (Lipinski definition) is 3. The van der Waals surface area contributed by atoms with Crippen LogP contribution in [0.1, 0.15) is 23.7 Å². The molecule has 0 aliphatic heterocycles. The molecule has 88 valence electrons. The molecule has 4 heteroatoms. The van der Waals surface area contributed by atoms with Gasteiger partial charge in [-0.05, 0) is 18.6 Å². The highest BCUT2D eigenvalue weighted by molar-refractivity contribution is 8.00. The van der Waals surface area contributed by atoms with Crippen molar-refractivity contribution < 1.29 is 14.6 Å². The van der Waals surface area contributed by atoms with Gasteiger partial charge in [-0.1, -0.05) is 19.1 Å². The van der Waals surface area contributed by atoms with E-state index >= 15 is 0 Å². The topological polar surface area (TPSA) is 46.5 Å². The first-order valence-corrected chi connectivity index (χ1v) is 6.01. The fourth-order valence-electron chi connectivity index (χ4n) is 1.31. The second-order valence-corrected chi connectivity index (χ2v) is 4.99. The Labute approximate surface area is 99.8 Å². The minimum Gasteiger partial charge on any atom is -0.478 e. The maximum Gasteiger partial charge on any atom is 0.336 e. The van der Waals surface area contributed by atoms with Gasteiger partial charge in [0.05, 0.1) is 5.56 Å². The highest BCUT2D eigenvalue weighted by Gasteiger charge is 2.12. The number of carbonyl (C=O) groups is 1. The summed E-state index contributed by atoms with van der Waals surface area (Å²) in [5.74, 6) is -0.873. The van der Waals surface area contributed by atoms with Crippen molar-refractivity contribution in [3.63, 3.8) is 0 Å². The molecule has 0 bridgehead atoms. The summed E-state index contributed by atoms with van der Waals surface area (Å²) < 4.78 is 5.00. The first kappa shape index (κ1) is 13.1. The number of benzene rings is 1. The van der Waals surface area contributed by atoms with E-state index in [4.69, 9.17) is 9.84 Å². The van der Waals surface area contributed by atoms with E-state index in [-0.39, 0.29) is 0 Å². The molecule has 0 aromatic heterocycles. The van der Waals surface area contributed by atoms with Crippen LogP contribution in [0.5, 0.6) is 0 Å². The maximum absolute atomic E-state index is 11.0. The summed E-state index contributed by atoms with van der Waals surface area (Å²) in [6.07, 6.45) is 0.912. The van der Waals surface area contributed by atoms with Gasteiger partial charge < -0.3 is 9.84 Å². The zero-order valence-corrected chi connectivity index (χ0v) is 10.3. The molecule has 1 aromatic rings. The number of rotatable bonds is 6. The van der Waals surface area contributed by atoms with Gasteiger partial charge >= 0.3 is 5.97 Å². The Balaban J connectivity index is 2.69. The van der Waals surface area contributed by atoms with E-state index in [1.54, 1.807) is 31.0 Å². The molecule has 0 amide bonds. The molecular weight excluding hydrogens is 224 g/mol. The molecule has 0 saturated carbocycles. The van der Waals surface area contributed by atoms with Crippen molar-refractivity contribution in [2.45, 2.75) is 23.5 Å². The van der Waals surface area contributed by atoms with Crippen LogP contribution in [-0.2, 0) is 4.74 Å². The molecule has 0 heterocycles. The van der Waals surface area contributed by atoms with Gasteiger partial charge in [0.2, 0.25) is 0 Å². The Kier molecular flexibility index (Phi) is 5.35. The average Bonchev–Trinajstić information content (AvgIpc) is 2.27. The summed E-state index contributed by atoms with van der Waals surface area (Å²) in [4.78, 5) is 11.8. The van der Waals surface area contributed by atoms with Crippen LogP contribution < -0.4 is 0 Å². The van der Waals surface area contributed by atoms with Gasteiger partial charge in [0.25, 0.3) is 0 Å². The maximum atomic E-state index is 11.0. The van der Waals surface area contributed by atoms with Crippen LogP contribution in [0, 0.1) is 0 Å². The van der Waals surface area contributed by atoms with Gasteiger partial charge in [0, 0.05) is 23.9 Å². The van der Waals surface area contributed by atoms with E-state index in [0.717, 1.165) is 11.3 Å². The number of aromatic carboxylic acids is 1. The lowest BCUT2D eigenvalue weighted by molar-refractivity contribution is 0.0693. The van der Waals surface area contributed by atoms with E-state index in [1.807, 2.05) is 12.1 Å². The Hall–Kier alpha value is -1.00. The van der Waals surface area contributed by atoms with E-state index in [0.29, 0.717) is 17.4 Å². The standard InChI is InChI=1S/C12H16O3S/c1-9(7-8-15-2)16-11-6-4-3-5-10(11)12(13)14/h3-6,9H,7-8H2,1-2H3,(H,13,14). The number of thioether (sulfide) groups is 1. The average molecular weight is 240 g/mol. The van der Waals surface area contributed by atoms with Crippen LogP contribution >= 0.6 is 11.8 Å². The molecule has 1 N–H and O–H groups in total. The van der Waals surface area contributed by atoms with E-state index in [9.17, 15) is 4.79 Å². The molecule has 0 spiro atoms. The molecule has 16 heavy (non-hydrogen) atoms. The molecule has 1 aromatic carbocycles. The van der Waals surface area contributed by atoms with Crippen molar-refractivity contribution in [1.82, 2.24) is 0 Å². The Morgan fingerprint density at radius 1 is 1.50 bits per heavy atom. The molecule has 3 nitrogen and oxygen atoms in total. The molecular formula is C12H16O3S. The summed E-state index contributed by atoms with van der Waals surface area (Å²) in [5.41, 5.74) is 0.372. The molecule has 1 atom stereocenters. The first-order valence-electron chi connectivity index (χ1n) is 5.13. The summed E-state index contributed by atoms with van der Waals surface area (Å²) >= 11 is 1.58. The second-order valence-electron chi connectivity index (χ2n) is 3.51.